The number of hydrogen-bond donors (Lipinski definition) is 2. The number of carbonyl (C=O) groups excluding carboxylic acids is 1. The summed E-state index contributed by atoms with van der Waals surface area (Å²) >= 11 is 0. The monoisotopic (exact) mass is 596 g/mol. The second kappa shape index (κ2) is 10.8. The van der Waals surface area contributed by atoms with E-state index in [4.69, 9.17) is 0 Å². The molecule has 0 atom stereocenters. The van der Waals surface area contributed by atoms with E-state index in [2.05, 4.69) is 5.32 Å². The maximum Gasteiger partial charge on any atom is 0.407 e. The van der Waals surface area contributed by atoms with E-state index in [0.717, 1.165) is 25.7 Å². The van der Waals surface area contributed by atoms with Gasteiger partial charge in [0, 0.05) is 61.3 Å². The fraction of sp³-hybridized carbons (Fsp3) is 0.433. The van der Waals surface area contributed by atoms with Crippen LogP contribution < -0.4 is 10.9 Å². The van der Waals surface area contributed by atoms with E-state index in [1.807, 2.05) is 0 Å². The van der Waals surface area contributed by atoms with Crippen molar-refractivity contribution in [1.29, 1.82) is 0 Å². The van der Waals surface area contributed by atoms with Gasteiger partial charge in [-0.2, -0.15) is 4.31 Å². The summed E-state index contributed by atoms with van der Waals surface area (Å²) in [5.74, 6) is -0.623. The molecule has 0 unspecified atom stereocenters. The third kappa shape index (κ3) is 5.52. The van der Waals surface area contributed by atoms with Gasteiger partial charge in [-0.25, -0.2) is 17.6 Å². The summed E-state index contributed by atoms with van der Waals surface area (Å²) in [5.41, 5.74) is 1.06. The van der Waals surface area contributed by atoms with Crippen LogP contribution in [0.5, 0.6) is 0 Å². The quantitative estimate of drug-likeness (QED) is 0.427. The third-order valence-corrected chi connectivity index (χ3v) is 10.3. The number of nitrogens with one attached hydrogen (secondary N) is 1. The van der Waals surface area contributed by atoms with E-state index in [-0.39, 0.29) is 64.9 Å². The summed E-state index contributed by atoms with van der Waals surface area (Å²) < 4.78 is 46.1. The Kier molecular flexibility index (Phi) is 7.30. The van der Waals surface area contributed by atoms with E-state index >= 15 is 4.39 Å². The summed E-state index contributed by atoms with van der Waals surface area (Å²) in [6.45, 7) is 2.39. The summed E-state index contributed by atoms with van der Waals surface area (Å²) in [7, 11) is -4.15. The SMILES string of the molecule is Cc1c(F)cc(C(=O)NC2CC2)cc1-c1ccc2c(=O)n(CC3CC3)cc(S(=O)(=O)N3CCCN(C(=O)O)CC3)c2c1. The van der Waals surface area contributed by atoms with Crippen LogP contribution in [0.15, 0.2) is 46.2 Å². The Morgan fingerprint density at radius 2 is 1.79 bits per heavy atom. The molecule has 1 aliphatic heterocycles. The molecule has 0 spiro atoms. The molecule has 3 aliphatic rings. The lowest BCUT2D eigenvalue weighted by molar-refractivity contribution is 0.0950. The predicted molar refractivity (Wildman–Crippen MR) is 155 cm³/mol. The van der Waals surface area contributed by atoms with Crippen molar-refractivity contribution in [3.05, 3.63) is 63.8 Å². The van der Waals surface area contributed by atoms with Crippen molar-refractivity contribution < 1.29 is 27.5 Å². The molecule has 0 bridgehead atoms. The highest BCUT2D eigenvalue weighted by Crippen LogP contribution is 2.34. The maximum atomic E-state index is 15.1. The normalized spacial score (nSPS) is 18.2. The topological polar surface area (TPSA) is 129 Å². The summed E-state index contributed by atoms with van der Waals surface area (Å²) in [4.78, 5) is 38.9. The Hall–Kier alpha value is -3.77. The Morgan fingerprint density at radius 1 is 1.02 bits per heavy atom. The van der Waals surface area contributed by atoms with Crippen molar-refractivity contribution in [3.8, 4) is 11.1 Å². The molecule has 2 aromatic carbocycles. The van der Waals surface area contributed by atoms with Gasteiger partial charge >= 0.3 is 6.09 Å². The number of benzene rings is 2. The zero-order chi connectivity index (χ0) is 29.8. The maximum absolute atomic E-state index is 15.1. The van der Waals surface area contributed by atoms with Crippen LogP contribution in [0.3, 0.4) is 0 Å². The number of fused-ring (bicyclic) bond motifs is 1. The zero-order valence-electron chi connectivity index (χ0n) is 23.3. The van der Waals surface area contributed by atoms with Gasteiger partial charge in [-0.05, 0) is 85.9 Å². The second-order valence-corrected chi connectivity index (χ2v) is 13.5. The molecule has 222 valence electrons. The standard InChI is InChI=1S/C30H33FN4O6S/c1-18-24(14-21(15-26(18)31)28(36)32-22-6-7-22)20-5-8-23-25(13-20)27(17-34(29(23)37)16-19-3-4-19)42(40,41)35-10-2-9-33(11-12-35)30(38)39/h5,8,13-15,17,19,22H,2-4,6-7,9-12,16H2,1H3,(H,32,36)(H,38,39). The van der Waals surface area contributed by atoms with Crippen LogP contribution >= 0.6 is 0 Å². The molecule has 12 heteroatoms. The first-order valence-corrected chi connectivity index (χ1v) is 15.7. The van der Waals surface area contributed by atoms with Gasteiger partial charge in [0.05, 0.1) is 0 Å². The number of nitrogens with zero attached hydrogens (tertiary/aromatic N) is 3. The third-order valence-electron chi connectivity index (χ3n) is 8.37. The van der Waals surface area contributed by atoms with Crippen molar-refractivity contribution in [2.75, 3.05) is 26.2 Å². The number of carbonyl (C=O) groups is 2. The van der Waals surface area contributed by atoms with Gasteiger partial charge in [-0.15, -0.1) is 0 Å². The molecule has 2 heterocycles. The highest BCUT2D eigenvalue weighted by atomic mass is 32.2. The minimum absolute atomic E-state index is 0.0139. The Balaban J connectivity index is 1.47. The number of hydrogen-bond acceptors (Lipinski definition) is 5. The molecule has 2 amide bonds. The molecule has 3 fully saturated rings. The first-order valence-electron chi connectivity index (χ1n) is 14.3. The van der Waals surface area contributed by atoms with E-state index in [1.165, 1.54) is 26.0 Å². The first kappa shape index (κ1) is 28.4. The van der Waals surface area contributed by atoms with Crippen molar-refractivity contribution >= 4 is 32.8 Å². The highest BCUT2D eigenvalue weighted by Gasteiger charge is 2.32. The molecule has 6 rings (SSSR count). The zero-order valence-corrected chi connectivity index (χ0v) is 24.1. The molecule has 1 aromatic heterocycles. The van der Waals surface area contributed by atoms with Crippen molar-refractivity contribution in [3.63, 3.8) is 0 Å². The van der Waals surface area contributed by atoms with Crippen molar-refractivity contribution in [1.82, 2.24) is 19.1 Å². The van der Waals surface area contributed by atoms with E-state index in [1.54, 1.807) is 31.2 Å². The molecular weight excluding hydrogens is 563 g/mol. The predicted octanol–water partition coefficient (Wildman–Crippen LogP) is 3.79. The number of carboxylic acid groups (broad SMARTS) is 1. The molecule has 2 N–H and O–H groups in total. The molecule has 1 saturated heterocycles. The van der Waals surface area contributed by atoms with E-state index in [9.17, 15) is 27.9 Å². The number of amides is 2. The summed E-state index contributed by atoms with van der Waals surface area (Å²) in [6.07, 6.45) is 4.35. The van der Waals surface area contributed by atoms with Gasteiger partial charge in [-0.1, -0.05) is 6.07 Å². The average Bonchev–Trinajstić information content (AvgIpc) is 3.86. The lowest BCUT2D eigenvalue weighted by Crippen LogP contribution is -2.37. The second-order valence-electron chi connectivity index (χ2n) is 11.6. The number of sulfonamides is 1. The van der Waals surface area contributed by atoms with Gasteiger partial charge in [0.1, 0.15) is 10.7 Å². The van der Waals surface area contributed by atoms with E-state index in [0.29, 0.717) is 35.6 Å². The Bertz CT molecular complexity index is 1760. The van der Waals surface area contributed by atoms with Crippen molar-refractivity contribution in [2.45, 2.75) is 56.5 Å². The van der Waals surface area contributed by atoms with Crippen LogP contribution in [-0.2, 0) is 16.6 Å². The van der Waals surface area contributed by atoms with Crippen LogP contribution in [0.25, 0.3) is 21.9 Å². The van der Waals surface area contributed by atoms with Gasteiger partial charge in [0.2, 0.25) is 10.0 Å². The average molecular weight is 597 g/mol. The van der Waals surface area contributed by atoms with Crippen molar-refractivity contribution in [2.24, 2.45) is 5.92 Å². The van der Waals surface area contributed by atoms with Gasteiger partial charge < -0.3 is 19.9 Å². The van der Waals surface area contributed by atoms with Crippen LogP contribution in [0, 0.1) is 18.7 Å². The first-order chi connectivity index (χ1) is 20.0. The fourth-order valence-electron chi connectivity index (χ4n) is 5.52. The molecule has 0 radical (unpaired) electrons. The molecular formula is C30H33FN4O6S. The van der Waals surface area contributed by atoms with Gasteiger partial charge in [0.25, 0.3) is 11.5 Å². The van der Waals surface area contributed by atoms with Crippen LogP contribution in [-0.4, -0.2) is 71.5 Å². The lowest BCUT2D eigenvalue weighted by Gasteiger charge is -2.22. The van der Waals surface area contributed by atoms with Crippen LogP contribution in [0.4, 0.5) is 9.18 Å². The Morgan fingerprint density at radius 3 is 2.48 bits per heavy atom. The lowest BCUT2D eigenvalue weighted by atomic mass is 9.95. The molecule has 3 aromatic rings. The largest absolute Gasteiger partial charge is 0.465 e. The number of halogens is 1. The number of pyridine rings is 1. The highest BCUT2D eigenvalue weighted by molar-refractivity contribution is 7.89. The smallest absolute Gasteiger partial charge is 0.407 e. The molecule has 2 saturated carbocycles. The number of aromatic nitrogens is 1. The Labute approximate surface area is 242 Å². The van der Waals surface area contributed by atoms with E-state index < -0.39 is 21.9 Å². The van der Waals surface area contributed by atoms with Gasteiger partial charge in [-0.3, -0.25) is 9.59 Å². The fourth-order valence-corrected chi connectivity index (χ4v) is 7.19. The van der Waals surface area contributed by atoms with Crippen LogP contribution in [0.1, 0.15) is 48.0 Å². The van der Waals surface area contributed by atoms with Crippen LogP contribution in [0.2, 0.25) is 0 Å². The molecule has 10 nitrogen and oxygen atoms in total. The molecule has 2 aliphatic carbocycles. The number of rotatable bonds is 7. The summed E-state index contributed by atoms with van der Waals surface area (Å²) in [6, 6.07) is 7.69. The van der Waals surface area contributed by atoms with Gasteiger partial charge in [0.15, 0.2) is 0 Å². The molecule has 42 heavy (non-hydrogen) atoms. The minimum Gasteiger partial charge on any atom is -0.465 e. The minimum atomic E-state index is -4.15. The summed E-state index contributed by atoms with van der Waals surface area (Å²) in [5, 5.41) is 12.7.